The molecule has 1 aromatic rings. The first-order valence-electron chi connectivity index (χ1n) is 3.39. The van der Waals surface area contributed by atoms with Gasteiger partial charge in [0.05, 0.1) is 0 Å². The minimum absolute atomic E-state index is 0.203. The summed E-state index contributed by atoms with van der Waals surface area (Å²) in [6.45, 7) is 2.47. The van der Waals surface area contributed by atoms with E-state index >= 15 is 0 Å². The predicted molar refractivity (Wildman–Crippen MR) is 41.1 cm³/mol. The monoisotopic (exact) mass is 148 g/mol. The third kappa shape index (κ3) is 1.30. The van der Waals surface area contributed by atoms with Crippen molar-refractivity contribution in [2.75, 3.05) is 0 Å². The molecule has 0 N–H and O–H groups in total. The third-order valence-electron chi connectivity index (χ3n) is 1.48. The summed E-state index contributed by atoms with van der Waals surface area (Å²) >= 11 is 0. The van der Waals surface area contributed by atoms with Gasteiger partial charge in [-0.15, -0.1) is 0 Å². The SMILES string of the molecule is CCn1cccc(C#N)c1=O. The zero-order valence-electron chi connectivity index (χ0n) is 6.24. The molecular formula is C8H8N2O. The van der Waals surface area contributed by atoms with Crippen LogP contribution in [0.25, 0.3) is 0 Å². The summed E-state index contributed by atoms with van der Waals surface area (Å²) in [6.07, 6.45) is 1.67. The topological polar surface area (TPSA) is 45.8 Å². The Morgan fingerprint density at radius 3 is 3.00 bits per heavy atom. The molecular weight excluding hydrogens is 140 g/mol. The van der Waals surface area contributed by atoms with Gasteiger partial charge in [-0.25, -0.2) is 0 Å². The molecule has 1 heterocycles. The minimum atomic E-state index is -0.211. The van der Waals surface area contributed by atoms with E-state index in [1.54, 1.807) is 12.3 Å². The van der Waals surface area contributed by atoms with Gasteiger partial charge in [0, 0.05) is 12.7 Å². The van der Waals surface area contributed by atoms with Crippen LogP contribution < -0.4 is 5.56 Å². The fourth-order valence-electron chi connectivity index (χ4n) is 0.871. The van der Waals surface area contributed by atoms with Crippen molar-refractivity contribution >= 4 is 0 Å². The first-order valence-corrected chi connectivity index (χ1v) is 3.39. The van der Waals surface area contributed by atoms with E-state index in [-0.39, 0.29) is 11.1 Å². The summed E-state index contributed by atoms with van der Waals surface area (Å²) in [5.74, 6) is 0. The standard InChI is InChI=1S/C8H8N2O/c1-2-10-5-3-4-7(6-9)8(10)11/h3-5H,2H2,1H3. The van der Waals surface area contributed by atoms with E-state index in [4.69, 9.17) is 5.26 Å². The summed E-state index contributed by atoms with van der Waals surface area (Å²) in [6, 6.07) is 5.06. The first kappa shape index (κ1) is 7.55. The lowest BCUT2D eigenvalue weighted by Crippen LogP contribution is -2.20. The van der Waals surface area contributed by atoms with E-state index in [0.29, 0.717) is 6.54 Å². The van der Waals surface area contributed by atoms with Crippen LogP contribution in [-0.4, -0.2) is 4.57 Å². The van der Waals surface area contributed by atoms with Gasteiger partial charge in [0.1, 0.15) is 11.6 Å². The van der Waals surface area contributed by atoms with E-state index in [1.807, 2.05) is 13.0 Å². The van der Waals surface area contributed by atoms with E-state index in [0.717, 1.165) is 0 Å². The van der Waals surface area contributed by atoms with Gasteiger partial charge < -0.3 is 4.57 Å². The van der Waals surface area contributed by atoms with Crippen molar-refractivity contribution in [1.29, 1.82) is 5.26 Å². The number of nitrogens with zero attached hydrogens (tertiary/aromatic N) is 2. The maximum Gasteiger partial charge on any atom is 0.268 e. The highest BCUT2D eigenvalue weighted by Gasteiger charge is 1.97. The molecule has 3 nitrogen and oxygen atoms in total. The van der Waals surface area contributed by atoms with E-state index in [9.17, 15) is 4.79 Å². The smallest absolute Gasteiger partial charge is 0.268 e. The first-order chi connectivity index (χ1) is 5.29. The Labute approximate surface area is 64.5 Å². The number of nitriles is 1. The molecule has 0 aliphatic heterocycles. The van der Waals surface area contributed by atoms with Gasteiger partial charge in [-0.2, -0.15) is 5.26 Å². The highest BCUT2D eigenvalue weighted by atomic mass is 16.1. The van der Waals surface area contributed by atoms with Crippen molar-refractivity contribution in [1.82, 2.24) is 4.57 Å². The summed E-state index contributed by atoms with van der Waals surface area (Å²) in [5.41, 5.74) is -0.00755. The number of rotatable bonds is 1. The van der Waals surface area contributed by atoms with Crippen LogP contribution in [0.3, 0.4) is 0 Å². The second-order valence-corrected chi connectivity index (χ2v) is 2.12. The molecule has 0 fully saturated rings. The highest BCUT2D eigenvalue weighted by Crippen LogP contribution is 1.88. The molecule has 1 aromatic heterocycles. The predicted octanol–water partition coefficient (Wildman–Crippen LogP) is 0.740. The Kier molecular flexibility index (Phi) is 2.07. The molecule has 0 unspecified atom stereocenters. The molecule has 0 atom stereocenters. The van der Waals surface area contributed by atoms with Crippen LogP contribution in [0.1, 0.15) is 12.5 Å². The van der Waals surface area contributed by atoms with Crippen molar-refractivity contribution in [2.24, 2.45) is 0 Å². The fraction of sp³-hybridized carbons (Fsp3) is 0.250. The molecule has 0 aromatic carbocycles. The summed E-state index contributed by atoms with van der Waals surface area (Å²) in [5, 5.41) is 8.48. The number of hydrogen-bond acceptors (Lipinski definition) is 2. The minimum Gasteiger partial charge on any atom is -0.315 e. The van der Waals surface area contributed by atoms with Gasteiger partial charge in [0.2, 0.25) is 0 Å². The van der Waals surface area contributed by atoms with Crippen molar-refractivity contribution in [3.63, 3.8) is 0 Å². The van der Waals surface area contributed by atoms with Crippen LogP contribution in [0.2, 0.25) is 0 Å². The van der Waals surface area contributed by atoms with Crippen LogP contribution >= 0.6 is 0 Å². The van der Waals surface area contributed by atoms with Crippen LogP contribution in [0.15, 0.2) is 23.1 Å². The van der Waals surface area contributed by atoms with Gasteiger partial charge in [-0.3, -0.25) is 4.79 Å². The molecule has 0 aliphatic rings. The van der Waals surface area contributed by atoms with Crippen LogP contribution in [0.4, 0.5) is 0 Å². The van der Waals surface area contributed by atoms with Gasteiger partial charge >= 0.3 is 0 Å². The van der Waals surface area contributed by atoms with Crippen LogP contribution in [-0.2, 0) is 6.54 Å². The van der Waals surface area contributed by atoms with Gasteiger partial charge in [-0.05, 0) is 19.1 Å². The summed E-state index contributed by atoms with van der Waals surface area (Å²) < 4.78 is 1.50. The van der Waals surface area contributed by atoms with E-state index < -0.39 is 0 Å². The van der Waals surface area contributed by atoms with E-state index in [2.05, 4.69) is 0 Å². The summed E-state index contributed by atoms with van der Waals surface area (Å²) in [7, 11) is 0. The maximum atomic E-state index is 11.2. The number of pyridine rings is 1. The molecule has 0 saturated carbocycles. The Morgan fingerprint density at radius 1 is 1.73 bits per heavy atom. The molecule has 0 amide bonds. The molecule has 0 radical (unpaired) electrons. The van der Waals surface area contributed by atoms with Crippen molar-refractivity contribution in [2.45, 2.75) is 13.5 Å². The fourth-order valence-corrected chi connectivity index (χ4v) is 0.871. The second kappa shape index (κ2) is 3.02. The molecule has 11 heavy (non-hydrogen) atoms. The van der Waals surface area contributed by atoms with Crippen molar-refractivity contribution in [3.8, 4) is 6.07 Å². The Balaban J connectivity index is 3.36. The lowest BCUT2D eigenvalue weighted by atomic mass is 10.3. The normalized spacial score (nSPS) is 9.09. The Morgan fingerprint density at radius 2 is 2.45 bits per heavy atom. The quantitative estimate of drug-likeness (QED) is 0.589. The number of aromatic nitrogens is 1. The molecule has 0 aliphatic carbocycles. The average molecular weight is 148 g/mol. The number of aryl methyl sites for hydroxylation is 1. The number of hydrogen-bond donors (Lipinski definition) is 0. The van der Waals surface area contributed by atoms with Crippen LogP contribution in [0.5, 0.6) is 0 Å². The van der Waals surface area contributed by atoms with Gasteiger partial charge in [-0.1, -0.05) is 0 Å². The zero-order chi connectivity index (χ0) is 8.27. The highest BCUT2D eigenvalue weighted by molar-refractivity contribution is 5.24. The molecule has 0 saturated heterocycles. The maximum absolute atomic E-state index is 11.2. The van der Waals surface area contributed by atoms with Gasteiger partial charge in [0.25, 0.3) is 5.56 Å². The zero-order valence-corrected chi connectivity index (χ0v) is 6.24. The largest absolute Gasteiger partial charge is 0.315 e. The third-order valence-corrected chi connectivity index (χ3v) is 1.48. The molecule has 0 bridgehead atoms. The van der Waals surface area contributed by atoms with E-state index in [1.165, 1.54) is 10.6 Å². The Hall–Kier alpha value is -1.56. The molecule has 0 spiro atoms. The lowest BCUT2D eigenvalue weighted by molar-refractivity contribution is 0.725. The van der Waals surface area contributed by atoms with Gasteiger partial charge in [0.15, 0.2) is 0 Å². The molecule has 3 heteroatoms. The summed E-state index contributed by atoms with van der Waals surface area (Å²) in [4.78, 5) is 11.2. The lowest BCUT2D eigenvalue weighted by Gasteiger charge is -1.98. The Bertz CT molecular complexity index is 346. The molecule has 56 valence electrons. The molecule has 1 rings (SSSR count). The van der Waals surface area contributed by atoms with Crippen molar-refractivity contribution in [3.05, 3.63) is 34.2 Å². The average Bonchev–Trinajstić information content (AvgIpc) is 2.05. The second-order valence-electron chi connectivity index (χ2n) is 2.12. The van der Waals surface area contributed by atoms with Crippen LogP contribution in [0, 0.1) is 11.3 Å². The van der Waals surface area contributed by atoms with Crippen molar-refractivity contribution < 1.29 is 0 Å².